The van der Waals surface area contributed by atoms with Gasteiger partial charge in [0.2, 0.25) is 0 Å². The van der Waals surface area contributed by atoms with Crippen LogP contribution in [0.5, 0.6) is 0 Å². The molecule has 138 valence electrons. The Morgan fingerprint density at radius 1 is 1.04 bits per heavy atom. The second-order valence-corrected chi connectivity index (χ2v) is 4.40. The van der Waals surface area contributed by atoms with Gasteiger partial charge in [0.05, 0.1) is 13.7 Å². The van der Waals surface area contributed by atoms with E-state index < -0.39 is 0 Å². The van der Waals surface area contributed by atoms with Crippen LogP contribution >= 0.6 is 0 Å². The zero-order valence-corrected chi connectivity index (χ0v) is 15.3. The van der Waals surface area contributed by atoms with Crippen molar-refractivity contribution in [2.75, 3.05) is 41.0 Å². The van der Waals surface area contributed by atoms with E-state index in [0.29, 0.717) is 18.8 Å². The number of esters is 3. The van der Waals surface area contributed by atoms with E-state index in [1.807, 2.05) is 19.0 Å². The Labute approximate surface area is 144 Å². The lowest BCUT2D eigenvalue weighted by Gasteiger charge is -2.07. The van der Waals surface area contributed by atoms with Crippen molar-refractivity contribution in [1.29, 1.82) is 0 Å². The summed E-state index contributed by atoms with van der Waals surface area (Å²) in [6.45, 7) is 14.8. The van der Waals surface area contributed by atoms with E-state index >= 15 is 0 Å². The Hall–Kier alpha value is -2.41. The average molecular weight is 343 g/mol. The Bertz CT molecular complexity index is 413. The maximum Gasteiger partial charge on any atom is 0.332 e. The summed E-state index contributed by atoms with van der Waals surface area (Å²) in [6.07, 6.45) is 2.30. The molecule has 0 aromatic carbocycles. The molecule has 0 aromatic rings. The van der Waals surface area contributed by atoms with Gasteiger partial charge in [-0.2, -0.15) is 0 Å². The summed E-state index contributed by atoms with van der Waals surface area (Å²) in [5.41, 5.74) is 0.433. The number of ether oxygens (including phenoxy) is 3. The molecule has 0 saturated carbocycles. The fourth-order valence-corrected chi connectivity index (χ4v) is 0.763. The van der Waals surface area contributed by atoms with E-state index in [2.05, 4.69) is 29.2 Å². The summed E-state index contributed by atoms with van der Waals surface area (Å²) < 4.78 is 13.4. The molecule has 0 aliphatic carbocycles. The van der Waals surface area contributed by atoms with Crippen LogP contribution in [0.4, 0.5) is 0 Å². The second kappa shape index (κ2) is 18.6. The highest BCUT2D eigenvalue weighted by Gasteiger charge is 1.95. The molecule has 0 aromatic heterocycles. The second-order valence-electron chi connectivity index (χ2n) is 4.40. The fraction of sp³-hybridized carbons (Fsp3) is 0.471. The molecule has 0 atom stereocenters. The number of likely N-dealkylation sites (N-methyl/N-ethyl adjacent to an activating group) is 1. The van der Waals surface area contributed by atoms with Gasteiger partial charge in [-0.3, -0.25) is 0 Å². The third kappa shape index (κ3) is 24.6. The van der Waals surface area contributed by atoms with Crippen molar-refractivity contribution in [1.82, 2.24) is 4.90 Å². The minimum Gasteiger partial charge on any atom is -0.466 e. The largest absolute Gasteiger partial charge is 0.466 e. The van der Waals surface area contributed by atoms with Crippen LogP contribution in [0.3, 0.4) is 0 Å². The van der Waals surface area contributed by atoms with E-state index in [-0.39, 0.29) is 17.9 Å². The first-order chi connectivity index (χ1) is 11.2. The summed E-state index contributed by atoms with van der Waals surface area (Å²) in [5.74, 6) is -1.07. The van der Waals surface area contributed by atoms with Gasteiger partial charge in [0.1, 0.15) is 6.61 Å². The van der Waals surface area contributed by atoms with Crippen molar-refractivity contribution in [3.63, 3.8) is 0 Å². The summed E-state index contributed by atoms with van der Waals surface area (Å²) >= 11 is 0. The molecule has 7 heteroatoms. The lowest BCUT2D eigenvalue weighted by atomic mass is 10.4. The minimum absolute atomic E-state index is 0.347. The summed E-state index contributed by atoms with van der Waals surface area (Å²) in [7, 11) is 5.17. The number of methoxy groups -OCH3 is 1. The Morgan fingerprint density at radius 2 is 1.50 bits per heavy atom. The number of carbonyl (C=O) groups is 3. The molecule has 7 nitrogen and oxygen atoms in total. The maximum atomic E-state index is 10.4. The summed E-state index contributed by atoms with van der Waals surface area (Å²) in [6, 6.07) is 0. The van der Waals surface area contributed by atoms with Crippen LogP contribution in [-0.2, 0) is 28.6 Å². The van der Waals surface area contributed by atoms with Gasteiger partial charge in [-0.1, -0.05) is 19.7 Å². The molecule has 0 spiro atoms. The monoisotopic (exact) mass is 343 g/mol. The van der Waals surface area contributed by atoms with Gasteiger partial charge in [-0.15, -0.1) is 0 Å². The van der Waals surface area contributed by atoms with Gasteiger partial charge in [0.15, 0.2) is 0 Å². The van der Waals surface area contributed by atoms with Crippen LogP contribution in [0.15, 0.2) is 37.5 Å². The minimum atomic E-state index is -0.359. The van der Waals surface area contributed by atoms with Gasteiger partial charge >= 0.3 is 17.9 Å². The molecule has 0 rings (SSSR count). The zero-order valence-electron chi connectivity index (χ0n) is 15.3. The standard InChI is InChI=1S/C7H13NO2.2C5H8O2/c1-4-7(9)10-6-5-8(2)3;1-4(2)5(6)7-3;1-3-5(6)7-4-2/h4H,1,5-6H2,2-3H3;1H2,2-3H3;3H,1,4H2,2H3. The molecule has 0 bridgehead atoms. The molecular weight excluding hydrogens is 314 g/mol. The van der Waals surface area contributed by atoms with Gasteiger partial charge < -0.3 is 19.1 Å². The van der Waals surface area contributed by atoms with E-state index in [0.717, 1.165) is 18.7 Å². The first kappa shape index (κ1) is 26.5. The molecule has 0 N–H and O–H groups in total. The van der Waals surface area contributed by atoms with E-state index in [1.54, 1.807) is 13.8 Å². The van der Waals surface area contributed by atoms with Crippen molar-refractivity contribution >= 4 is 17.9 Å². The average Bonchev–Trinajstić information content (AvgIpc) is 2.54. The first-order valence-electron chi connectivity index (χ1n) is 7.13. The normalized spacial score (nSPS) is 8.42. The van der Waals surface area contributed by atoms with E-state index in [9.17, 15) is 14.4 Å². The van der Waals surface area contributed by atoms with Gasteiger partial charge in [0, 0.05) is 24.3 Å². The Balaban J connectivity index is -0.000000283. The number of carbonyl (C=O) groups excluding carboxylic acids is 3. The molecule has 0 unspecified atom stereocenters. The lowest BCUT2D eigenvalue weighted by Crippen LogP contribution is -2.19. The molecule has 0 heterocycles. The molecule has 0 amide bonds. The molecule has 24 heavy (non-hydrogen) atoms. The predicted molar refractivity (Wildman–Crippen MR) is 93.4 cm³/mol. The van der Waals surface area contributed by atoms with Crippen LogP contribution in [0.2, 0.25) is 0 Å². The highest BCUT2D eigenvalue weighted by Crippen LogP contribution is 1.87. The van der Waals surface area contributed by atoms with Crippen LogP contribution in [0, 0.1) is 0 Å². The smallest absolute Gasteiger partial charge is 0.332 e. The number of hydrogen-bond acceptors (Lipinski definition) is 7. The van der Waals surface area contributed by atoms with Gasteiger partial charge in [-0.25, -0.2) is 14.4 Å². The first-order valence-corrected chi connectivity index (χ1v) is 7.13. The molecule has 0 saturated heterocycles. The summed E-state index contributed by atoms with van der Waals surface area (Å²) in [5, 5.41) is 0. The van der Waals surface area contributed by atoms with E-state index in [1.165, 1.54) is 7.11 Å². The maximum absolute atomic E-state index is 10.4. The molecule has 0 aliphatic rings. The van der Waals surface area contributed by atoms with Gasteiger partial charge in [-0.05, 0) is 27.9 Å². The highest BCUT2D eigenvalue weighted by molar-refractivity contribution is 5.86. The quantitative estimate of drug-likeness (QED) is 0.396. The topological polar surface area (TPSA) is 82.1 Å². The van der Waals surface area contributed by atoms with Crippen molar-refractivity contribution < 1.29 is 28.6 Å². The molecule has 0 aliphatic heterocycles. The number of nitrogens with zero attached hydrogens (tertiary/aromatic N) is 1. The third-order valence-corrected chi connectivity index (χ3v) is 1.94. The van der Waals surface area contributed by atoms with E-state index in [4.69, 9.17) is 4.74 Å². The fourth-order valence-electron chi connectivity index (χ4n) is 0.763. The Morgan fingerprint density at radius 3 is 1.71 bits per heavy atom. The van der Waals surface area contributed by atoms with Crippen molar-refractivity contribution in [3.8, 4) is 0 Å². The third-order valence-electron chi connectivity index (χ3n) is 1.94. The van der Waals surface area contributed by atoms with Crippen molar-refractivity contribution in [2.24, 2.45) is 0 Å². The summed E-state index contributed by atoms with van der Waals surface area (Å²) in [4.78, 5) is 32.6. The van der Waals surface area contributed by atoms with Crippen LogP contribution in [0.1, 0.15) is 13.8 Å². The van der Waals surface area contributed by atoms with Crippen LogP contribution < -0.4 is 0 Å². The highest BCUT2D eigenvalue weighted by atomic mass is 16.5. The van der Waals surface area contributed by atoms with Crippen molar-refractivity contribution in [3.05, 3.63) is 37.5 Å². The van der Waals surface area contributed by atoms with Crippen LogP contribution in [0.25, 0.3) is 0 Å². The number of rotatable bonds is 7. The molecule has 0 radical (unpaired) electrons. The molecule has 0 fully saturated rings. The number of hydrogen-bond donors (Lipinski definition) is 0. The van der Waals surface area contributed by atoms with Crippen molar-refractivity contribution in [2.45, 2.75) is 13.8 Å². The molecular formula is C17H29NO6. The van der Waals surface area contributed by atoms with Crippen LogP contribution in [-0.4, -0.2) is 63.8 Å². The predicted octanol–water partition coefficient (Wildman–Crippen LogP) is 1.75. The zero-order chi connectivity index (χ0) is 19.5. The SMILES string of the molecule is C=C(C)C(=O)OC.C=CC(=O)OCC.C=CC(=O)OCCN(C)C. The Kier molecular flexibility index (Phi) is 20.6. The van der Waals surface area contributed by atoms with Gasteiger partial charge in [0.25, 0.3) is 0 Å². The lowest BCUT2D eigenvalue weighted by molar-refractivity contribution is -0.138.